The number of benzene rings is 1. The van der Waals surface area contributed by atoms with E-state index in [4.69, 9.17) is 11.6 Å². The number of hydrogen-bond acceptors (Lipinski definition) is 2. The standard InChI is InChI=1S/C16H18BrClN2O/c1-4-13-16(17)14(20(5-2)19-13)9-15(21)11-6-10(3)7-12(18)8-11/h6-8H,4-5,9H2,1-3H3. The largest absolute Gasteiger partial charge is 0.294 e. The average molecular weight is 370 g/mol. The Kier molecular flexibility index (Phi) is 5.22. The first-order chi connectivity index (χ1) is 9.96. The van der Waals surface area contributed by atoms with Gasteiger partial charge in [-0.1, -0.05) is 18.5 Å². The minimum absolute atomic E-state index is 0.0542. The fourth-order valence-corrected chi connectivity index (χ4v) is 3.33. The summed E-state index contributed by atoms with van der Waals surface area (Å²) >= 11 is 9.61. The van der Waals surface area contributed by atoms with E-state index in [1.165, 1.54) is 0 Å². The molecule has 0 unspecified atom stereocenters. The van der Waals surface area contributed by atoms with Crippen molar-refractivity contribution in [2.24, 2.45) is 0 Å². The lowest BCUT2D eigenvalue weighted by Gasteiger charge is -2.06. The lowest BCUT2D eigenvalue weighted by atomic mass is 10.0. The second-order valence-electron chi connectivity index (χ2n) is 4.99. The van der Waals surface area contributed by atoms with Crippen molar-refractivity contribution >= 4 is 33.3 Å². The zero-order valence-electron chi connectivity index (χ0n) is 12.4. The summed E-state index contributed by atoms with van der Waals surface area (Å²) in [4.78, 5) is 12.5. The van der Waals surface area contributed by atoms with Crippen molar-refractivity contribution in [2.45, 2.75) is 40.2 Å². The maximum Gasteiger partial charge on any atom is 0.168 e. The topological polar surface area (TPSA) is 34.9 Å². The summed E-state index contributed by atoms with van der Waals surface area (Å²) in [6.07, 6.45) is 1.16. The van der Waals surface area contributed by atoms with Crippen LogP contribution in [0.2, 0.25) is 5.02 Å². The Morgan fingerprint density at radius 1 is 1.33 bits per heavy atom. The highest BCUT2D eigenvalue weighted by atomic mass is 79.9. The van der Waals surface area contributed by atoms with Crippen molar-refractivity contribution in [3.63, 3.8) is 0 Å². The zero-order valence-corrected chi connectivity index (χ0v) is 14.8. The van der Waals surface area contributed by atoms with Gasteiger partial charge in [-0.3, -0.25) is 9.48 Å². The van der Waals surface area contributed by atoms with E-state index >= 15 is 0 Å². The molecule has 0 amide bonds. The van der Waals surface area contributed by atoms with Crippen molar-refractivity contribution in [3.8, 4) is 0 Å². The molecule has 0 aliphatic heterocycles. The zero-order chi connectivity index (χ0) is 15.6. The van der Waals surface area contributed by atoms with Gasteiger partial charge in [-0.2, -0.15) is 5.10 Å². The molecule has 21 heavy (non-hydrogen) atoms. The van der Waals surface area contributed by atoms with Gasteiger partial charge in [-0.15, -0.1) is 0 Å². The highest BCUT2D eigenvalue weighted by Crippen LogP contribution is 2.24. The molecule has 0 saturated carbocycles. The monoisotopic (exact) mass is 368 g/mol. The van der Waals surface area contributed by atoms with Crippen LogP contribution in [-0.4, -0.2) is 15.6 Å². The second kappa shape index (κ2) is 6.75. The Hall–Kier alpha value is -1.13. The summed E-state index contributed by atoms with van der Waals surface area (Å²) in [6, 6.07) is 5.44. The fraction of sp³-hybridized carbons (Fsp3) is 0.375. The van der Waals surface area contributed by atoms with Crippen LogP contribution in [0.3, 0.4) is 0 Å². The first-order valence-corrected chi connectivity index (χ1v) is 8.17. The molecule has 0 spiro atoms. The van der Waals surface area contributed by atoms with E-state index in [0.29, 0.717) is 17.0 Å². The Labute approximate surface area is 138 Å². The molecule has 0 N–H and O–H groups in total. The van der Waals surface area contributed by atoms with Crippen LogP contribution in [0.4, 0.5) is 0 Å². The summed E-state index contributed by atoms with van der Waals surface area (Å²) in [5.74, 6) is 0.0542. The Morgan fingerprint density at radius 2 is 2.05 bits per heavy atom. The smallest absolute Gasteiger partial charge is 0.168 e. The number of hydrogen-bond donors (Lipinski definition) is 0. The van der Waals surface area contributed by atoms with E-state index in [0.717, 1.165) is 34.4 Å². The summed E-state index contributed by atoms with van der Waals surface area (Å²) in [5, 5.41) is 5.11. The molecular weight excluding hydrogens is 352 g/mol. The van der Waals surface area contributed by atoms with Crippen LogP contribution in [0.15, 0.2) is 22.7 Å². The molecule has 112 valence electrons. The van der Waals surface area contributed by atoms with Gasteiger partial charge in [0.2, 0.25) is 0 Å². The third-order valence-electron chi connectivity index (χ3n) is 3.39. The van der Waals surface area contributed by atoms with Crippen LogP contribution in [-0.2, 0) is 19.4 Å². The third kappa shape index (κ3) is 3.55. The number of Topliss-reactive ketones (excluding diaryl/α,β-unsaturated/α-hetero) is 1. The van der Waals surface area contributed by atoms with Crippen LogP contribution in [0.5, 0.6) is 0 Å². The third-order valence-corrected chi connectivity index (χ3v) is 4.52. The summed E-state index contributed by atoms with van der Waals surface area (Å²) in [5.41, 5.74) is 3.55. The van der Waals surface area contributed by atoms with Crippen molar-refractivity contribution in [1.29, 1.82) is 0 Å². The van der Waals surface area contributed by atoms with Gasteiger partial charge in [0, 0.05) is 17.1 Å². The number of halogens is 2. The predicted molar refractivity (Wildman–Crippen MR) is 89.2 cm³/mol. The van der Waals surface area contributed by atoms with Crippen LogP contribution >= 0.6 is 27.5 Å². The van der Waals surface area contributed by atoms with Crippen molar-refractivity contribution in [2.75, 3.05) is 0 Å². The molecule has 1 aromatic heterocycles. The molecule has 0 saturated heterocycles. The van der Waals surface area contributed by atoms with E-state index in [-0.39, 0.29) is 5.78 Å². The van der Waals surface area contributed by atoms with E-state index in [1.54, 1.807) is 6.07 Å². The molecule has 0 atom stereocenters. The average Bonchev–Trinajstić information content (AvgIpc) is 2.74. The maximum atomic E-state index is 12.5. The first-order valence-electron chi connectivity index (χ1n) is 7.00. The molecule has 2 aromatic rings. The van der Waals surface area contributed by atoms with Crippen molar-refractivity contribution < 1.29 is 4.79 Å². The second-order valence-corrected chi connectivity index (χ2v) is 6.22. The molecular formula is C16H18BrClN2O. The van der Waals surface area contributed by atoms with Crippen LogP contribution in [0.1, 0.15) is 41.2 Å². The molecule has 2 rings (SSSR count). The maximum absolute atomic E-state index is 12.5. The van der Waals surface area contributed by atoms with Gasteiger partial charge >= 0.3 is 0 Å². The minimum atomic E-state index is 0.0542. The quantitative estimate of drug-likeness (QED) is 0.721. The highest BCUT2D eigenvalue weighted by molar-refractivity contribution is 9.10. The summed E-state index contributed by atoms with van der Waals surface area (Å²) in [6.45, 7) is 6.76. The number of aromatic nitrogens is 2. The van der Waals surface area contributed by atoms with Crippen LogP contribution in [0, 0.1) is 6.92 Å². The minimum Gasteiger partial charge on any atom is -0.294 e. The van der Waals surface area contributed by atoms with Crippen molar-refractivity contribution in [3.05, 3.63) is 50.2 Å². The Bertz CT molecular complexity index is 659. The lowest BCUT2D eigenvalue weighted by Crippen LogP contribution is -2.10. The molecule has 0 aliphatic rings. The molecule has 5 heteroatoms. The Morgan fingerprint density at radius 3 is 2.62 bits per heavy atom. The molecule has 0 bridgehead atoms. The van der Waals surface area contributed by atoms with Gasteiger partial charge in [0.25, 0.3) is 0 Å². The highest BCUT2D eigenvalue weighted by Gasteiger charge is 2.18. The first kappa shape index (κ1) is 16.2. The number of carbonyl (C=O) groups excluding carboxylic acids is 1. The fourth-order valence-electron chi connectivity index (χ4n) is 2.34. The van der Waals surface area contributed by atoms with Gasteiger partial charge < -0.3 is 0 Å². The normalized spacial score (nSPS) is 10.9. The number of rotatable bonds is 5. The Balaban J connectivity index is 2.33. The SMILES string of the molecule is CCc1nn(CC)c(CC(=O)c2cc(C)cc(Cl)c2)c1Br. The molecule has 1 aromatic carbocycles. The van der Waals surface area contributed by atoms with Crippen LogP contribution in [0.25, 0.3) is 0 Å². The molecule has 0 fully saturated rings. The summed E-state index contributed by atoms with van der Waals surface area (Å²) in [7, 11) is 0. The molecule has 3 nitrogen and oxygen atoms in total. The van der Waals surface area contributed by atoms with Gasteiger partial charge in [-0.25, -0.2) is 0 Å². The molecule has 1 heterocycles. The van der Waals surface area contributed by atoms with Crippen LogP contribution < -0.4 is 0 Å². The lowest BCUT2D eigenvalue weighted by molar-refractivity contribution is 0.0990. The van der Waals surface area contributed by atoms with Gasteiger partial charge in [0.15, 0.2) is 5.78 Å². The van der Waals surface area contributed by atoms with Crippen molar-refractivity contribution in [1.82, 2.24) is 9.78 Å². The summed E-state index contributed by atoms with van der Waals surface area (Å²) < 4.78 is 2.83. The number of ketones is 1. The predicted octanol–water partition coefficient (Wildman–Crippen LogP) is 4.62. The number of nitrogens with zero attached hydrogens (tertiary/aromatic N) is 2. The van der Waals surface area contributed by atoms with E-state index in [9.17, 15) is 4.79 Å². The van der Waals surface area contributed by atoms with Gasteiger partial charge in [-0.05, 0) is 60.0 Å². The van der Waals surface area contributed by atoms with Gasteiger partial charge in [0.05, 0.1) is 22.3 Å². The number of aryl methyl sites for hydroxylation is 3. The molecule has 0 radical (unpaired) electrons. The van der Waals surface area contributed by atoms with E-state index < -0.39 is 0 Å². The van der Waals surface area contributed by atoms with E-state index in [2.05, 4.69) is 28.0 Å². The number of carbonyl (C=O) groups is 1. The van der Waals surface area contributed by atoms with Gasteiger partial charge in [0.1, 0.15) is 0 Å². The molecule has 0 aliphatic carbocycles. The van der Waals surface area contributed by atoms with E-state index in [1.807, 2.05) is 30.7 Å².